The minimum absolute atomic E-state index is 0. The summed E-state index contributed by atoms with van der Waals surface area (Å²) in [4.78, 5) is 51.1. The van der Waals surface area contributed by atoms with Crippen molar-refractivity contribution in [1.82, 2.24) is 0 Å². The van der Waals surface area contributed by atoms with Crippen molar-refractivity contribution in [2.24, 2.45) is 0 Å². The summed E-state index contributed by atoms with van der Waals surface area (Å²) in [6, 6.07) is 0. The van der Waals surface area contributed by atoms with Crippen LogP contribution in [-0.2, 0) is 39.6 Å². The molecule has 74 valence electrons. The van der Waals surface area contributed by atoms with Crippen LogP contribution in [-0.4, -0.2) is 54.8 Å². The van der Waals surface area contributed by atoms with E-state index in [1.54, 1.807) is 0 Å². The molecule has 0 aromatic rings. The van der Waals surface area contributed by atoms with Crippen molar-refractivity contribution in [2.75, 3.05) is 0 Å². The van der Waals surface area contributed by atoms with Crippen molar-refractivity contribution in [3.8, 4) is 0 Å². The quantitative estimate of drug-likeness (QED) is 0.276. The Hall–Kier alpha value is 0.656. The van der Waals surface area contributed by atoms with Crippen molar-refractivity contribution < 1.29 is 68.4 Å². The molecule has 0 bridgehead atoms. The zero-order chi connectivity index (χ0) is 10.7. The van der Waals surface area contributed by atoms with Crippen molar-refractivity contribution in [3.63, 3.8) is 0 Å². The molecule has 0 aliphatic heterocycles. The van der Waals surface area contributed by atoms with Crippen LogP contribution in [0.15, 0.2) is 0 Å². The molecule has 0 aliphatic rings. The van der Waals surface area contributed by atoms with Gasteiger partial charge in [-0.3, -0.25) is 0 Å². The Balaban J connectivity index is -0.0000000270. The first-order valence-corrected chi connectivity index (χ1v) is 5.51. The first-order chi connectivity index (χ1) is 5.20. The Kier molecular flexibility index (Phi) is 49.1. The van der Waals surface area contributed by atoms with Gasteiger partial charge in [0.25, 0.3) is 0 Å². The molecule has 0 unspecified atom stereocenters. The van der Waals surface area contributed by atoms with Gasteiger partial charge in [0, 0.05) is 27.5 Å². The Labute approximate surface area is 122 Å². The largest absolute Gasteiger partial charge is 4.00 e. The molecule has 0 N–H and O–H groups in total. The van der Waals surface area contributed by atoms with Gasteiger partial charge in [0.15, 0.2) is 0 Å². The molecule has 9 nitrogen and oxygen atoms in total. The molecule has 0 aromatic carbocycles. The molecule has 0 fully saturated rings. The molecule has 0 spiro atoms. The predicted molar refractivity (Wildman–Crippen MR) is 25.1 cm³/mol. The van der Waals surface area contributed by atoms with E-state index in [0.717, 1.165) is 0 Å². The normalized spacial score (nSPS) is 5.14. The SMILES string of the molecule is O=[Si]([O-])[O-].O=[Si]([O-])[O-].O=[Si]([O-])[O-].[Pb+2].[Zr+4]. The standard InChI is InChI=1S/3O3Si.Pb.Zr/c3*1-4(2)3;;/q3*-2;+2;+4. The molecule has 0 atom stereocenters. The van der Waals surface area contributed by atoms with Gasteiger partial charge in [-0.15, -0.1) is 0 Å². The smallest absolute Gasteiger partial charge is 0.672 e. The van der Waals surface area contributed by atoms with E-state index < -0.39 is 27.5 Å². The van der Waals surface area contributed by atoms with Gasteiger partial charge in [-0.25, -0.2) is 0 Å². The summed E-state index contributed by atoms with van der Waals surface area (Å²) >= 11 is 0. The van der Waals surface area contributed by atoms with E-state index in [0.29, 0.717) is 0 Å². The average Bonchev–Trinajstić information content (AvgIpc) is 1.54. The fourth-order valence-electron chi connectivity index (χ4n) is 0. The maximum atomic E-state index is 8.52. The van der Waals surface area contributed by atoms with E-state index >= 15 is 0 Å². The number of rotatable bonds is 0. The molecule has 0 saturated carbocycles. The Morgan fingerprint density at radius 2 is 0.571 bits per heavy atom. The van der Waals surface area contributed by atoms with Crippen molar-refractivity contribution in [2.45, 2.75) is 0 Å². The fourth-order valence-corrected chi connectivity index (χ4v) is 0. The van der Waals surface area contributed by atoms with Gasteiger partial charge in [-0.05, 0) is 0 Å². The van der Waals surface area contributed by atoms with Crippen LogP contribution in [0.5, 0.6) is 0 Å². The monoisotopic (exact) mass is 526 g/mol. The van der Waals surface area contributed by atoms with Gasteiger partial charge in [0.05, 0.1) is 0 Å². The molecule has 14 heavy (non-hydrogen) atoms. The van der Waals surface area contributed by atoms with E-state index in [1.165, 1.54) is 0 Å². The molecule has 0 aliphatic carbocycles. The second kappa shape index (κ2) is 23.5. The van der Waals surface area contributed by atoms with Crippen molar-refractivity contribution in [1.29, 1.82) is 0 Å². The third-order valence-electron chi connectivity index (χ3n) is 0. The first-order valence-electron chi connectivity index (χ1n) is 1.84. The van der Waals surface area contributed by atoms with Crippen LogP contribution < -0.4 is 28.8 Å². The zero-order valence-corrected chi connectivity index (χ0v) is 15.5. The third kappa shape index (κ3) is 4000. The zero-order valence-electron chi connectivity index (χ0n) is 6.17. The summed E-state index contributed by atoms with van der Waals surface area (Å²) in [6.45, 7) is 0. The second-order valence-corrected chi connectivity index (χ2v) is 2.25. The van der Waals surface area contributed by atoms with Gasteiger partial charge < -0.3 is 42.2 Å². The summed E-state index contributed by atoms with van der Waals surface area (Å²) < 4.78 is 25.6. The maximum Gasteiger partial charge on any atom is 4.00 e. The van der Waals surface area contributed by atoms with Gasteiger partial charge in [-0.1, -0.05) is 0 Å². The van der Waals surface area contributed by atoms with E-state index in [2.05, 4.69) is 0 Å². The average molecular weight is 527 g/mol. The van der Waals surface area contributed by atoms with Crippen molar-refractivity contribution in [3.05, 3.63) is 0 Å². The minimum Gasteiger partial charge on any atom is -0.672 e. The van der Waals surface area contributed by atoms with Crippen LogP contribution in [0.3, 0.4) is 0 Å². The Bertz CT molecular complexity index is 118. The first kappa shape index (κ1) is 29.3. The van der Waals surface area contributed by atoms with Gasteiger partial charge in [0.2, 0.25) is 0 Å². The molecule has 0 heterocycles. The van der Waals surface area contributed by atoms with Crippen LogP contribution in [0.1, 0.15) is 0 Å². The molecular formula is O9PbSi3Zr. The van der Waals surface area contributed by atoms with Crippen LogP contribution in [0.25, 0.3) is 0 Å². The van der Waals surface area contributed by atoms with Gasteiger partial charge >= 0.3 is 53.5 Å². The molecule has 2 radical (unpaired) electrons. The van der Waals surface area contributed by atoms with E-state index in [-0.39, 0.29) is 53.5 Å². The van der Waals surface area contributed by atoms with Crippen LogP contribution in [0, 0.1) is 0 Å². The molecule has 0 amide bonds. The summed E-state index contributed by atoms with van der Waals surface area (Å²) in [5.74, 6) is 0. The topological polar surface area (TPSA) is 190 Å². The Morgan fingerprint density at radius 3 is 0.571 bits per heavy atom. The summed E-state index contributed by atoms with van der Waals surface area (Å²) in [7, 11) is -10.9. The molecular weight excluding hydrogens is 527 g/mol. The summed E-state index contributed by atoms with van der Waals surface area (Å²) in [5, 5.41) is 0. The number of hydrogen-bond donors (Lipinski definition) is 0. The van der Waals surface area contributed by atoms with Gasteiger partial charge in [0.1, 0.15) is 0 Å². The second-order valence-electron chi connectivity index (χ2n) is 0.750. The molecule has 0 rings (SSSR count). The maximum absolute atomic E-state index is 8.52. The molecule has 14 heteroatoms. The van der Waals surface area contributed by atoms with Crippen LogP contribution in [0.4, 0.5) is 0 Å². The Morgan fingerprint density at radius 1 is 0.571 bits per heavy atom. The number of hydrogen-bond acceptors (Lipinski definition) is 9. The molecule has 0 saturated heterocycles. The summed E-state index contributed by atoms with van der Waals surface area (Å²) in [6.07, 6.45) is 0. The minimum atomic E-state index is -3.63. The molecule has 0 aromatic heterocycles. The summed E-state index contributed by atoms with van der Waals surface area (Å²) in [5.41, 5.74) is 0. The third-order valence-corrected chi connectivity index (χ3v) is 0. The van der Waals surface area contributed by atoms with E-state index in [1.807, 2.05) is 0 Å². The van der Waals surface area contributed by atoms with Crippen molar-refractivity contribution >= 4 is 54.8 Å². The fraction of sp³-hybridized carbons (Fsp3) is 0. The van der Waals surface area contributed by atoms with E-state index in [9.17, 15) is 0 Å². The van der Waals surface area contributed by atoms with E-state index in [4.69, 9.17) is 42.2 Å². The van der Waals surface area contributed by atoms with Crippen LogP contribution in [0.2, 0.25) is 0 Å². The van der Waals surface area contributed by atoms with Gasteiger partial charge in [-0.2, -0.15) is 0 Å². The van der Waals surface area contributed by atoms with Crippen LogP contribution >= 0.6 is 0 Å². The predicted octanol–water partition coefficient (Wildman–Crippen LogP) is -9.02.